The number of hydrogen-bond acceptors (Lipinski definition) is 4. The average Bonchev–Trinajstić information content (AvgIpc) is 2.78. The van der Waals surface area contributed by atoms with Crippen molar-refractivity contribution >= 4 is 12.2 Å². The van der Waals surface area contributed by atoms with Crippen LogP contribution in [0.4, 0.5) is 53.5 Å². The summed E-state index contributed by atoms with van der Waals surface area (Å²) in [6, 6.07) is -0.835. The van der Waals surface area contributed by atoms with E-state index in [1.807, 2.05) is 0 Å². The van der Waals surface area contributed by atoms with Crippen molar-refractivity contribution in [1.29, 1.82) is 0 Å². The van der Waals surface area contributed by atoms with Crippen molar-refractivity contribution in [1.82, 2.24) is 10.6 Å². The van der Waals surface area contributed by atoms with Gasteiger partial charge < -0.3 is 20.1 Å². The second kappa shape index (κ2) is 12.1. The van der Waals surface area contributed by atoms with Crippen molar-refractivity contribution in [3.8, 4) is 0 Å². The normalized spacial score (nSPS) is 25.8. The van der Waals surface area contributed by atoms with Crippen LogP contribution in [-0.4, -0.2) is 61.7 Å². The fraction of sp³-hybridized carbons (Fsp3) is 0.905. The highest BCUT2D eigenvalue weighted by atomic mass is 19.4. The van der Waals surface area contributed by atoms with E-state index in [0.29, 0.717) is 51.4 Å². The minimum atomic E-state index is -5.82. The quantitative estimate of drug-likeness (QED) is 0.339. The summed E-state index contributed by atoms with van der Waals surface area (Å²) in [6.45, 7) is -4.21. The maximum atomic E-state index is 12.8. The van der Waals surface area contributed by atoms with Crippen LogP contribution in [0.2, 0.25) is 0 Å². The van der Waals surface area contributed by atoms with E-state index in [9.17, 15) is 53.5 Å². The number of halogens is 10. The van der Waals surface area contributed by atoms with Crippen LogP contribution in [0.25, 0.3) is 0 Å². The zero-order valence-corrected chi connectivity index (χ0v) is 19.5. The van der Waals surface area contributed by atoms with Gasteiger partial charge in [-0.1, -0.05) is 0 Å². The molecule has 0 saturated heterocycles. The second-order valence-electron chi connectivity index (χ2n) is 9.52. The number of rotatable bonds is 8. The first-order chi connectivity index (χ1) is 16.9. The van der Waals surface area contributed by atoms with Crippen LogP contribution in [0, 0.1) is 11.8 Å². The molecule has 6 nitrogen and oxygen atoms in total. The molecular weight excluding hydrogens is 534 g/mol. The molecule has 216 valence electrons. The molecule has 2 amide bonds. The van der Waals surface area contributed by atoms with Crippen molar-refractivity contribution in [3.63, 3.8) is 0 Å². The van der Waals surface area contributed by atoms with E-state index >= 15 is 0 Å². The summed E-state index contributed by atoms with van der Waals surface area (Å²) < 4.78 is 132. The van der Waals surface area contributed by atoms with Crippen molar-refractivity contribution in [2.24, 2.45) is 11.8 Å². The first-order valence-corrected chi connectivity index (χ1v) is 11.7. The van der Waals surface area contributed by atoms with E-state index < -0.39 is 61.7 Å². The lowest BCUT2D eigenvalue weighted by Gasteiger charge is -2.34. The van der Waals surface area contributed by atoms with E-state index in [4.69, 9.17) is 0 Å². The zero-order valence-electron chi connectivity index (χ0n) is 19.5. The van der Waals surface area contributed by atoms with E-state index in [2.05, 4.69) is 20.1 Å². The molecule has 0 atom stereocenters. The molecule has 0 aliphatic heterocycles. The van der Waals surface area contributed by atoms with Gasteiger partial charge in [-0.05, 0) is 69.6 Å². The Morgan fingerprint density at radius 2 is 0.865 bits per heavy atom. The van der Waals surface area contributed by atoms with Crippen molar-refractivity contribution < 1.29 is 63.0 Å². The number of ether oxygens (including phenoxy) is 2. The molecule has 16 heteroatoms. The minimum Gasteiger partial charge on any atom is -0.443 e. The molecule has 2 N–H and O–H groups in total. The Hall–Kier alpha value is -2.16. The molecule has 37 heavy (non-hydrogen) atoms. The molecule has 0 aromatic rings. The van der Waals surface area contributed by atoms with Gasteiger partial charge >= 0.3 is 36.4 Å². The van der Waals surface area contributed by atoms with Gasteiger partial charge in [-0.15, -0.1) is 0 Å². The molecule has 2 saturated carbocycles. The molecule has 2 fully saturated rings. The van der Waals surface area contributed by atoms with Gasteiger partial charge in [0.15, 0.2) is 13.2 Å². The highest BCUT2D eigenvalue weighted by Crippen LogP contribution is 2.37. The maximum absolute atomic E-state index is 12.8. The Bertz CT molecular complexity index is 697. The average molecular weight is 562 g/mol. The molecule has 0 heterocycles. The third-order valence-electron chi connectivity index (χ3n) is 6.60. The number of alkyl carbamates (subject to hydrolysis) is 2. The van der Waals surface area contributed by atoms with Gasteiger partial charge in [0.05, 0.1) is 0 Å². The Kier molecular flexibility index (Phi) is 10.2. The number of carbonyl (C=O) groups excluding carboxylic acids is 2. The number of alkyl halides is 10. The van der Waals surface area contributed by atoms with Crippen LogP contribution in [0.5, 0.6) is 0 Å². The van der Waals surface area contributed by atoms with Crippen LogP contribution < -0.4 is 10.6 Å². The van der Waals surface area contributed by atoms with E-state index in [0.717, 1.165) is 6.42 Å². The summed E-state index contributed by atoms with van der Waals surface area (Å²) in [6.07, 6.45) is -8.84. The summed E-state index contributed by atoms with van der Waals surface area (Å²) >= 11 is 0. The van der Waals surface area contributed by atoms with Gasteiger partial charge in [0.25, 0.3) is 0 Å². The predicted molar refractivity (Wildman–Crippen MR) is 107 cm³/mol. The zero-order chi connectivity index (χ0) is 28.1. The molecule has 0 unspecified atom stereocenters. The number of nitrogens with one attached hydrogen (secondary N) is 2. The summed E-state index contributed by atoms with van der Waals surface area (Å²) in [4.78, 5) is 23.1. The lowest BCUT2D eigenvalue weighted by molar-refractivity contribution is -0.292. The SMILES string of the molecule is O=C(NC1CCC(CC2CCC(NC(=O)OCC(F)(F)C(F)(F)F)CC2)CC1)OCC(F)(F)C(F)(F)F. The number of carbonyl (C=O) groups is 2. The first-order valence-electron chi connectivity index (χ1n) is 11.7. The lowest BCUT2D eigenvalue weighted by Crippen LogP contribution is -2.44. The fourth-order valence-electron chi connectivity index (χ4n) is 4.45. The van der Waals surface area contributed by atoms with Gasteiger partial charge in [0.1, 0.15) is 0 Å². The molecule has 0 bridgehead atoms. The van der Waals surface area contributed by atoms with Crippen molar-refractivity contribution in [3.05, 3.63) is 0 Å². The molecule has 0 aromatic heterocycles. The molecule has 0 spiro atoms. The monoisotopic (exact) mass is 562 g/mol. The Labute approximate surface area is 205 Å². The maximum Gasteiger partial charge on any atom is 0.456 e. The molecular formula is C21H28F10N2O4. The van der Waals surface area contributed by atoms with Crippen LogP contribution >= 0.6 is 0 Å². The highest BCUT2D eigenvalue weighted by Gasteiger charge is 2.59. The smallest absolute Gasteiger partial charge is 0.443 e. The highest BCUT2D eigenvalue weighted by molar-refractivity contribution is 5.68. The summed E-state index contributed by atoms with van der Waals surface area (Å²) in [5, 5.41) is 4.59. The van der Waals surface area contributed by atoms with Gasteiger partial charge in [-0.2, -0.15) is 43.9 Å². The minimum absolute atomic E-state index is 0.285. The molecule has 0 aromatic carbocycles. The predicted octanol–water partition coefficient (Wildman–Crippen LogP) is 6.34. The van der Waals surface area contributed by atoms with E-state index in [1.165, 1.54) is 0 Å². The van der Waals surface area contributed by atoms with Crippen LogP contribution in [0.1, 0.15) is 57.8 Å². The third kappa shape index (κ3) is 9.58. The summed E-state index contributed by atoms with van der Waals surface area (Å²) in [7, 11) is 0. The van der Waals surface area contributed by atoms with Gasteiger partial charge in [-0.25, -0.2) is 9.59 Å². The number of hydrogen-bond donors (Lipinski definition) is 2. The standard InChI is InChI=1S/C21H28F10N2O4/c22-18(23,20(26,27)28)10-36-16(34)32-14-5-1-12(2-6-14)9-13-3-7-15(8-4-13)33-17(35)37-11-19(24,25)21(29,30)31/h12-15H,1-11H2,(H,32,34)(H,33,35). The van der Waals surface area contributed by atoms with Crippen LogP contribution in [0.3, 0.4) is 0 Å². The Balaban J connectivity index is 1.62. The number of amides is 2. The topological polar surface area (TPSA) is 76.7 Å². The molecule has 2 rings (SSSR count). The Morgan fingerprint density at radius 3 is 1.14 bits per heavy atom. The summed E-state index contributed by atoms with van der Waals surface area (Å²) in [5.41, 5.74) is 0. The van der Waals surface area contributed by atoms with Gasteiger partial charge in [-0.3, -0.25) is 0 Å². The van der Waals surface area contributed by atoms with Crippen LogP contribution in [-0.2, 0) is 9.47 Å². The second-order valence-corrected chi connectivity index (χ2v) is 9.52. The molecule has 0 radical (unpaired) electrons. The first kappa shape index (κ1) is 31.1. The Morgan fingerprint density at radius 1 is 0.568 bits per heavy atom. The van der Waals surface area contributed by atoms with Crippen molar-refractivity contribution in [2.75, 3.05) is 13.2 Å². The molecule has 2 aliphatic carbocycles. The third-order valence-corrected chi connectivity index (χ3v) is 6.60. The summed E-state index contributed by atoms with van der Waals surface area (Å²) in [5.74, 6) is -9.71. The fourth-order valence-corrected chi connectivity index (χ4v) is 4.45. The van der Waals surface area contributed by atoms with Crippen molar-refractivity contribution in [2.45, 2.75) is 94.1 Å². The van der Waals surface area contributed by atoms with Crippen LogP contribution in [0.15, 0.2) is 0 Å². The lowest BCUT2D eigenvalue weighted by atomic mass is 9.76. The van der Waals surface area contributed by atoms with E-state index in [1.54, 1.807) is 0 Å². The largest absolute Gasteiger partial charge is 0.456 e. The van der Waals surface area contributed by atoms with Gasteiger partial charge in [0.2, 0.25) is 0 Å². The molecule has 2 aliphatic rings. The van der Waals surface area contributed by atoms with E-state index in [-0.39, 0.29) is 11.8 Å². The van der Waals surface area contributed by atoms with Gasteiger partial charge in [0, 0.05) is 12.1 Å².